The molecule has 0 saturated carbocycles. The van der Waals surface area contributed by atoms with Crippen LogP contribution in [-0.4, -0.2) is 33.3 Å². The molecule has 2 aromatic carbocycles. The summed E-state index contributed by atoms with van der Waals surface area (Å²) in [5.74, 6) is 1.23. The molecule has 1 fully saturated rings. The van der Waals surface area contributed by atoms with Gasteiger partial charge in [-0.05, 0) is 80.1 Å². The van der Waals surface area contributed by atoms with Crippen molar-refractivity contribution in [3.05, 3.63) is 90.1 Å². The van der Waals surface area contributed by atoms with Gasteiger partial charge in [-0.3, -0.25) is 9.59 Å². The molecule has 2 amide bonds. The Labute approximate surface area is 219 Å². The molecule has 1 atom stereocenters. The summed E-state index contributed by atoms with van der Waals surface area (Å²) in [7, 11) is 0. The Morgan fingerprint density at radius 3 is 2.29 bits per heavy atom. The number of nitrogens with one attached hydrogen (secondary N) is 3. The molecule has 38 heavy (non-hydrogen) atoms. The number of nitrogens with zero attached hydrogens (tertiary/aromatic N) is 4. The molecule has 1 unspecified atom stereocenters. The van der Waals surface area contributed by atoms with Gasteiger partial charge in [-0.25, -0.2) is 19.3 Å². The molecule has 0 radical (unpaired) electrons. The Kier molecular flexibility index (Phi) is 6.94. The summed E-state index contributed by atoms with van der Waals surface area (Å²) >= 11 is 0. The lowest BCUT2D eigenvalue weighted by Crippen LogP contribution is -2.28. The summed E-state index contributed by atoms with van der Waals surface area (Å²) in [6.45, 7) is 4.05. The summed E-state index contributed by atoms with van der Waals surface area (Å²) in [5, 5.41) is 9.32. The third-order valence-electron chi connectivity index (χ3n) is 6.07. The van der Waals surface area contributed by atoms with Crippen LogP contribution >= 0.6 is 0 Å². The number of hydrogen-bond donors (Lipinski definition) is 3. The molecule has 5 rings (SSSR count). The van der Waals surface area contributed by atoms with Crippen molar-refractivity contribution in [3.63, 3.8) is 0 Å². The number of pyridine rings is 1. The van der Waals surface area contributed by atoms with Crippen LogP contribution in [0.4, 0.5) is 38.9 Å². The number of carbonyl (C=O) groups excluding carboxylic acids is 2. The first-order valence-corrected chi connectivity index (χ1v) is 12.1. The van der Waals surface area contributed by atoms with Gasteiger partial charge in [-0.1, -0.05) is 0 Å². The lowest BCUT2D eigenvalue weighted by atomic mass is 10.1. The largest absolute Gasteiger partial charge is 0.340 e. The van der Waals surface area contributed by atoms with Crippen LogP contribution < -0.4 is 20.9 Å². The fraction of sp³-hybridized carbons (Fsp3) is 0.179. The molecule has 2 aromatic heterocycles. The zero-order chi connectivity index (χ0) is 26.6. The molecule has 0 aliphatic carbocycles. The van der Waals surface area contributed by atoms with Gasteiger partial charge in [0.2, 0.25) is 11.8 Å². The van der Waals surface area contributed by atoms with E-state index in [2.05, 4.69) is 30.9 Å². The average molecular weight is 512 g/mol. The van der Waals surface area contributed by atoms with Crippen molar-refractivity contribution in [1.29, 1.82) is 0 Å². The van der Waals surface area contributed by atoms with Gasteiger partial charge < -0.3 is 20.9 Å². The first-order chi connectivity index (χ1) is 18.3. The predicted molar refractivity (Wildman–Crippen MR) is 144 cm³/mol. The van der Waals surface area contributed by atoms with Crippen LogP contribution in [0, 0.1) is 25.6 Å². The van der Waals surface area contributed by atoms with Crippen molar-refractivity contribution in [2.45, 2.75) is 20.3 Å². The second-order valence-electron chi connectivity index (χ2n) is 9.10. The minimum absolute atomic E-state index is 0.102. The lowest BCUT2D eigenvalue weighted by Gasteiger charge is -2.16. The zero-order valence-corrected chi connectivity index (χ0v) is 20.9. The Hall–Kier alpha value is -4.86. The van der Waals surface area contributed by atoms with E-state index in [1.54, 1.807) is 24.4 Å². The van der Waals surface area contributed by atoms with E-state index in [0.29, 0.717) is 34.7 Å². The monoisotopic (exact) mass is 511 g/mol. The fourth-order valence-corrected chi connectivity index (χ4v) is 4.21. The van der Waals surface area contributed by atoms with Gasteiger partial charge in [0, 0.05) is 42.3 Å². The van der Waals surface area contributed by atoms with Gasteiger partial charge in [0.05, 0.1) is 5.92 Å². The van der Waals surface area contributed by atoms with Gasteiger partial charge in [-0.15, -0.1) is 0 Å². The number of aromatic nitrogens is 3. The minimum Gasteiger partial charge on any atom is -0.340 e. The van der Waals surface area contributed by atoms with Gasteiger partial charge >= 0.3 is 0 Å². The maximum atomic E-state index is 13.2. The van der Waals surface area contributed by atoms with E-state index in [9.17, 15) is 14.0 Å². The molecule has 192 valence electrons. The minimum atomic E-state index is -0.497. The Balaban J connectivity index is 1.20. The van der Waals surface area contributed by atoms with Crippen molar-refractivity contribution in [1.82, 2.24) is 15.0 Å². The molecule has 10 heteroatoms. The average Bonchev–Trinajstić information content (AvgIpc) is 3.27. The van der Waals surface area contributed by atoms with Gasteiger partial charge in [0.15, 0.2) is 0 Å². The van der Waals surface area contributed by atoms with Crippen LogP contribution in [0.2, 0.25) is 0 Å². The molecule has 1 saturated heterocycles. The second kappa shape index (κ2) is 10.6. The predicted octanol–water partition coefficient (Wildman–Crippen LogP) is 5.11. The lowest BCUT2D eigenvalue weighted by molar-refractivity contribution is -0.122. The fourth-order valence-electron chi connectivity index (χ4n) is 4.21. The SMILES string of the molecule is Cc1ccnc(Nc2cc(Nc3ccc(NC(=O)C4CC(=O)N(c5ccc(F)cc5)C4)cc3)nc(C)n2)c1. The standard InChI is InChI=1S/C28H26FN7O2/c1-17-11-12-30-24(13-17)35-26-15-25(31-18(2)32-26)33-21-5-7-22(8-6-21)34-28(38)19-14-27(37)36(16-19)23-9-3-20(29)4-10-23/h3-13,15,19H,14,16H2,1-2H3,(H,34,38)(H2,30,31,32,33,35). The highest BCUT2D eigenvalue weighted by molar-refractivity contribution is 6.03. The number of benzene rings is 2. The summed E-state index contributed by atoms with van der Waals surface area (Å²) in [4.78, 5) is 39.9. The van der Waals surface area contributed by atoms with E-state index >= 15 is 0 Å². The van der Waals surface area contributed by atoms with Crippen molar-refractivity contribution in [2.24, 2.45) is 5.92 Å². The molecular formula is C28H26FN7O2. The summed E-state index contributed by atoms with van der Waals surface area (Å²) in [6, 6.07) is 18.5. The molecule has 9 nitrogen and oxygen atoms in total. The van der Waals surface area contributed by atoms with Crippen molar-refractivity contribution in [3.8, 4) is 0 Å². The molecule has 3 N–H and O–H groups in total. The van der Waals surface area contributed by atoms with Gasteiger partial charge in [-0.2, -0.15) is 0 Å². The molecule has 3 heterocycles. The number of hydrogen-bond acceptors (Lipinski definition) is 7. The van der Waals surface area contributed by atoms with Crippen LogP contribution in [0.25, 0.3) is 0 Å². The van der Waals surface area contributed by atoms with E-state index in [0.717, 1.165) is 11.3 Å². The van der Waals surface area contributed by atoms with E-state index in [-0.39, 0.29) is 30.6 Å². The van der Waals surface area contributed by atoms with E-state index in [4.69, 9.17) is 0 Å². The highest BCUT2D eigenvalue weighted by Gasteiger charge is 2.35. The number of halogens is 1. The maximum Gasteiger partial charge on any atom is 0.229 e. The third kappa shape index (κ3) is 5.92. The maximum absolute atomic E-state index is 13.2. The molecule has 4 aromatic rings. The summed E-state index contributed by atoms with van der Waals surface area (Å²) in [5.41, 5.74) is 3.05. The Morgan fingerprint density at radius 2 is 1.58 bits per heavy atom. The number of rotatable bonds is 7. The van der Waals surface area contributed by atoms with Crippen LogP contribution in [0.15, 0.2) is 72.9 Å². The molecule has 0 spiro atoms. The van der Waals surface area contributed by atoms with Gasteiger partial charge in [0.25, 0.3) is 0 Å². The van der Waals surface area contributed by atoms with Crippen molar-refractivity contribution in [2.75, 3.05) is 27.4 Å². The van der Waals surface area contributed by atoms with E-state index in [1.807, 2.05) is 38.1 Å². The zero-order valence-electron chi connectivity index (χ0n) is 20.9. The first kappa shape index (κ1) is 24.8. The Bertz CT molecular complexity index is 1480. The van der Waals surface area contributed by atoms with Crippen LogP contribution in [0.1, 0.15) is 17.8 Å². The van der Waals surface area contributed by atoms with Crippen LogP contribution in [0.3, 0.4) is 0 Å². The number of anilines is 6. The second-order valence-corrected chi connectivity index (χ2v) is 9.10. The van der Waals surface area contributed by atoms with E-state index < -0.39 is 5.92 Å². The normalized spacial score (nSPS) is 14.9. The molecular weight excluding hydrogens is 485 g/mol. The number of amides is 2. The molecule has 1 aliphatic rings. The summed E-state index contributed by atoms with van der Waals surface area (Å²) < 4.78 is 13.2. The first-order valence-electron chi connectivity index (χ1n) is 12.1. The van der Waals surface area contributed by atoms with Crippen molar-refractivity contribution < 1.29 is 14.0 Å². The highest BCUT2D eigenvalue weighted by atomic mass is 19.1. The third-order valence-corrected chi connectivity index (χ3v) is 6.07. The Morgan fingerprint density at radius 1 is 0.895 bits per heavy atom. The number of carbonyl (C=O) groups is 2. The summed E-state index contributed by atoms with van der Waals surface area (Å²) in [6.07, 6.45) is 1.84. The number of aryl methyl sites for hydroxylation is 2. The highest BCUT2D eigenvalue weighted by Crippen LogP contribution is 2.27. The van der Waals surface area contributed by atoms with Crippen LogP contribution in [-0.2, 0) is 9.59 Å². The smallest absolute Gasteiger partial charge is 0.229 e. The topological polar surface area (TPSA) is 112 Å². The van der Waals surface area contributed by atoms with Crippen LogP contribution in [0.5, 0.6) is 0 Å². The quantitative estimate of drug-likeness (QED) is 0.316. The molecule has 1 aliphatic heterocycles. The molecule has 0 bridgehead atoms. The van der Waals surface area contributed by atoms with Crippen molar-refractivity contribution >= 4 is 46.3 Å². The van der Waals surface area contributed by atoms with E-state index in [1.165, 1.54) is 29.2 Å². The van der Waals surface area contributed by atoms with Gasteiger partial charge in [0.1, 0.15) is 29.1 Å².